The molecule has 0 aromatic heterocycles. The van der Waals surface area contributed by atoms with Crippen molar-refractivity contribution in [3.63, 3.8) is 0 Å². The first-order valence-corrected chi connectivity index (χ1v) is 4.27. The van der Waals surface area contributed by atoms with Gasteiger partial charge >= 0.3 is 6.04 Å². The minimum absolute atomic E-state index is 0.175. The van der Waals surface area contributed by atoms with Crippen LogP contribution < -0.4 is 0 Å². The van der Waals surface area contributed by atoms with Crippen molar-refractivity contribution in [3.05, 3.63) is 46.0 Å². The lowest BCUT2D eigenvalue weighted by molar-refractivity contribution is -0.490. The maximum Gasteiger partial charge on any atom is 0.331 e. The van der Waals surface area contributed by atoms with Crippen molar-refractivity contribution >= 4 is 11.6 Å². The van der Waals surface area contributed by atoms with Crippen LogP contribution in [0.2, 0.25) is 0 Å². The Morgan fingerprint density at radius 3 is 2.20 bits per heavy atom. The second-order valence-corrected chi connectivity index (χ2v) is 3.03. The molecule has 15 heavy (non-hydrogen) atoms. The van der Waals surface area contributed by atoms with Crippen LogP contribution in [0.15, 0.2) is 30.3 Å². The lowest BCUT2D eigenvalue weighted by Crippen LogP contribution is -2.36. The molecule has 0 saturated heterocycles. The Morgan fingerprint density at radius 1 is 1.27 bits per heavy atom. The first kappa shape index (κ1) is 11.0. The van der Waals surface area contributed by atoms with Gasteiger partial charge < -0.3 is 0 Å². The molecule has 0 fully saturated rings. The molecule has 0 aliphatic carbocycles. The third kappa shape index (κ3) is 2.46. The monoisotopic (exact) mass is 207 g/mol. The van der Waals surface area contributed by atoms with Gasteiger partial charge in [0.25, 0.3) is 0 Å². The summed E-state index contributed by atoms with van der Waals surface area (Å²) in [4.78, 5) is 32.2. The van der Waals surface area contributed by atoms with Crippen molar-refractivity contribution in [3.8, 4) is 0 Å². The van der Waals surface area contributed by atoms with Crippen LogP contribution in [0.4, 0.5) is 0 Å². The van der Waals surface area contributed by atoms with Crippen LogP contribution in [0.25, 0.3) is 0 Å². The van der Waals surface area contributed by atoms with Gasteiger partial charge in [-0.1, -0.05) is 30.3 Å². The van der Waals surface area contributed by atoms with Crippen molar-refractivity contribution in [1.82, 2.24) is 0 Å². The third-order valence-electron chi connectivity index (χ3n) is 1.90. The molecule has 0 spiro atoms. The molecule has 0 heterocycles. The molecule has 1 aromatic rings. The van der Waals surface area contributed by atoms with Gasteiger partial charge in [-0.2, -0.15) is 0 Å². The number of benzene rings is 1. The van der Waals surface area contributed by atoms with Gasteiger partial charge in [0.1, 0.15) is 0 Å². The summed E-state index contributed by atoms with van der Waals surface area (Å²) in [6.07, 6.45) is 0. The zero-order valence-corrected chi connectivity index (χ0v) is 8.04. The van der Waals surface area contributed by atoms with Crippen molar-refractivity contribution in [2.45, 2.75) is 13.0 Å². The molecule has 0 saturated carbocycles. The van der Waals surface area contributed by atoms with E-state index in [1.165, 1.54) is 12.1 Å². The summed E-state index contributed by atoms with van der Waals surface area (Å²) in [5, 5.41) is 10.5. The Bertz CT molecular complexity index is 385. The van der Waals surface area contributed by atoms with Crippen molar-refractivity contribution < 1.29 is 14.5 Å². The first-order chi connectivity index (χ1) is 7.04. The number of carbonyl (C=O) groups is 2. The molecular weight excluding hydrogens is 198 g/mol. The highest BCUT2D eigenvalue weighted by atomic mass is 16.6. The number of nitro groups is 1. The van der Waals surface area contributed by atoms with Gasteiger partial charge in [-0.15, -0.1) is 0 Å². The highest BCUT2D eigenvalue weighted by molar-refractivity contribution is 6.12. The molecule has 5 heteroatoms. The molecule has 0 N–H and O–H groups in total. The lowest BCUT2D eigenvalue weighted by atomic mass is 10.0. The highest BCUT2D eigenvalue weighted by Gasteiger charge is 2.35. The van der Waals surface area contributed by atoms with E-state index in [-0.39, 0.29) is 5.56 Å². The molecule has 1 unspecified atom stereocenters. The summed E-state index contributed by atoms with van der Waals surface area (Å²) >= 11 is 0. The molecule has 1 rings (SSSR count). The maximum atomic E-state index is 11.6. The van der Waals surface area contributed by atoms with Gasteiger partial charge in [0.2, 0.25) is 11.6 Å². The van der Waals surface area contributed by atoms with Gasteiger partial charge in [0, 0.05) is 17.4 Å². The van der Waals surface area contributed by atoms with Crippen LogP contribution in [-0.4, -0.2) is 22.5 Å². The highest BCUT2D eigenvalue weighted by Crippen LogP contribution is 2.06. The molecular formula is C10H9NO4. The van der Waals surface area contributed by atoms with Crippen LogP contribution >= 0.6 is 0 Å². The van der Waals surface area contributed by atoms with E-state index < -0.39 is 22.5 Å². The minimum Gasteiger partial charge on any atom is -0.292 e. The minimum atomic E-state index is -1.78. The van der Waals surface area contributed by atoms with Crippen LogP contribution in [0.3, 0.4) is 0 Å². The number of hydrogen-bond donors (Lipinski definition) is 0. The van der Waals surface area contributed by atoms with Gasteiger partial charge in [0.05, 0.1) is 0 Å². The zero-order chi connectivity index (χ0) is 11.4. The fourth-order valence-electron chi connectivity index (χ4n) is 1.19. The molecule has 1 atom stereocenters. The predicted octanol–water partition coefficient (Wildman–Crippen LogP) is 1.10. The van der Waals surface area contributed by atoms with Crippen molar-refractivity contribution in [2.24, 2.45) is 0 Å². The number of rotatable bonds is 4. The Balaban J connectivity index is 3.02. The number of carbonyl (C=O) groups excluding carboxylic acids is 2. The van der Waals surface area contributed by atoms with Crippen LogP contribution in [0, 0.1) is 10.1 Å². The largest absolute Gasteiger partial charge is 0.331 e. The summed E-state index contributed by atoms with van der Waals surface area (Å²) in [7, 11) is 0. The standard InChI is InChI=1S/C10H9NO4/c1-7(12)9(11(14)15)10(13)8-5-3-2-4-6-8/h2-6,9H,1H3. The van der Waals surface area contributed by atoms with E-state index in [1.807, 2.05) is 0 Å². The van der Waals surface area contributed by atoms with Crippen LogP contribution in [-0.2, 0) is 4.79 Å². The van der Waals surface area contributed by atoms with E-state index >= 15 is 0 Å². The van der Waals surface area contributed by atoms with E-state index in [2.05, 4.69) is 0 Å². The Hall–Kier alpha value is -2.04. The third-order valence-corrected chi connectivity index (χ3v) is 1.90. The van der Waals surface area contributed by atoms with Gasteiger partial charge in [-0.25, -0.2) is 0 Å². The molecule has 1 aromatic carbocycles. The molecule has 0 bridgehead atoms. The van der Waals surface area contributed by atoms with Gasteiger partial charge in [-0.3, -0.25) is 19.7 Å². The quantitative estimate of drug-likeness (QED) is 0.320. The number of ketones is 2. The van der Waals surface area contributed by atoms with E-state index in [4.69, 9.17) is 0 Å². The average molecular weight is 207 g/mol. The Morgan fingerprint density at radius 2 is 1.80 bits per heavy atom. The second-order valence-electron chi connectivity index (χ2n) is 3.03. The molecule has 5 nitrogen and oxygen atoms in total. The topological polar surface area (TPSA) is 77.3 Å². The summed E-state index contributed by atoms with van der Waals surface area (Å²) in [6, 6.07) is 5.97. The van der Waals surface area contributed by atoms with Crippen molar-refractivity contribution in [2.75, 3.05) is 0 Å². The zero-order valence-electron chi connectivity index (χ0n) is 8.04. The average Bonchev–Trinajstić information content (AvgIpc) is 2.18. The SMILES string of the molecule is CC(=O)C(C(=O)c1ccccc1)[N+](=O)[O-]. The summed E-state index contributed by atoms with van der Waals surface area (Å²) in [6.45, 7) is 1.04. The molecule has 0 amide bonds. The van der Waals surface area contributed by atoms with Crippen LogP contribution in [0.5, 0.6) is 0 Å². The van der Waals surface area contributed by atoms with Crippen LogP contribution in [0.1, 0.15) is 17.3 Å². The van der Waals surface area contributed by atoms with E-state index in [9.17, 15) is 19.7 Å². The first-order valence-electron chi connectivity index (χ1n) is 4.27. The maximum absolute atomic E-state index is 11.6. The summed E-state index contributed by atoms with van der Waals surface area (Å²) < 4.78 is 0. The molecule has 0 radical (unpaired) electrons. The molecule has 0 aliphatic rings. The van der Waals surface area contributed by atoms with E-state index in [0.29, 0.717) is 0 Å². The van der Waals surface area contributed by atoms with Gasteiger partial charge in [-0.05, 0) is 0 Å². The Kier molecular flexibility index (Phi) is 3.28. The lowest BCUT2D eigenvalue weighted by Gasteiger charge is -2.04. The van der Waals surface area contributed by atoms with E-state index in [1.54, 1.807) is 18.2 Å². The van der Waals surface area contributed by atoms with E-state index in [0.717, 1.165) is 6.92 Å². The fraction of sp³-hybridized carbons (Fsp3) is 0.200. The molecule has 78 valence electrons. The number of nitrogens with zero attached hydrogens (tertiary/aromatic N) is 1. The fourth-order valence-corrected chi connectivity index (χ4v) is 1.19. The normalized spacial score (nSPS) is 11.8. The smallest absolute Gasteiger partial charge is 0.292 e. The summed E-state index contributed by atoms with van der Waals surface area (Å²) in [5.41, 5.74) is 0.175. The number of hydrogen-bond acceptors (Lipinski definition) is 4. The Labute approximate surface area is 85.9 Å². The predicted molar refractivity (Wildman–Crippen MR) is 52.2 cm³/mol. The molecule has 0 aliphatic heterocycles. The van der Waals surface area contributed by atoms with Crippen molar-refractivity contribution in [1.29, 1.82) is 0 Å². The summed E-state index contributed by atoms with van der Waals surface area (Å²) in [5.74, 6) is -1.53. The van der Waals surface area contributed by atoms with Gasteiger partial charge in [0.15, 0.2) is 0 Å². The number of Topliss-reactive ketones (excluding diaryl/α,β-unsaturated/α-hetero) is 2. The second kappa shape index (κ2) is 4.45.